The van der Waals surface area contributed by atoms with Gasteiger partial charge >= 0.3 is 6.03 Å². The van der Waals surface area contributed by atoms with Crippen LogP contribution >= 0.6 is 0 Å². The summed E-state index contributed by atoms with van der Waals surface area (Å²) in [7, 11) is 3.53. The number of urea groups is 1. The van der Waals surface area contributed by atoms with Crippen molar-refractivity contribution in [2.24, 2.45) is 12.8 Å². The molecule has 1 aliphatic rings. The lowest BCUT2D eigenvalue weighted by Gasteiger charge is -2.15. The Labute approximate surface area is 226 Å². The van der Waals surface area contributed by atoms with Crippen LogP contribution in [0.25, 0.3) is 17.1 Å². The van der Waals surface area contributed by atoms with E-state index in [2.05, 4.69) is 20.4 Å². The SMILES string of the molecule is COCCN1CCC(c2ccc(F)c(F)c2)C1.Cc1c(-c2ccnn2C)nn(-c2ccccc2)c1NC(N)=O. The number of nitrogens with one attached hydrogen (secondary N) is 1. The number of nitrogens with two attached hydrogens (primary N) is 1. The van der Waals surface area contributed by atoms with E-state index in [0.29, 0.717) is 18.3 Å². The predicted octanol–water partition coefficient (Wildman–Crippen LogP) is 4.47. The molecule has 0 bridgehead atoms. The van der Waals surface area contributed by atoms with Crippen molar-refractivity contribution >= 4 is 11.8 Å². The molecule has 206 valence electrons. The summed E-state index contributed by atoms with van der Waals surface area (Å²) in [5.41, 5.74) is 9.45. The normalized spacial score (nSPS) is 15.2. The minimum Gasteiger partial charge on any atom is -0.383 e. The predicted molar refractivity (Wildman–Crippen MR) is 146 cm³/mol. The fraction of sp³-hybridized carbons (Fsp3) is 0.321. The van der Waals surface area contributed by atoms with Crippen LogP contribution in [0.5, 0.6) is 0 Å². The number of anilines is 1. The Kier molecular flexibility index (Phi) is 9.05. The Morgan fingerprint density at radius 1 is 1.15 bits per heavy atom. The minimum absolute atomic E-state index is 0.307. The van der Waals surface area contributed by atoms with Gasteiger partial charge in [0.15, 0.2) is 11.6 Å². The summed E-state index contributed by atoms with van der Waals surface area (Å²) in [5.74, 6) is -0.669. The van der Waals surface area contributed by atoms with Crippen molar-refractivity contribution < 1.29 is 18.3 Å². The number of hydrogen-bond donors (Lipinski definition) is 2. The van der Waals surface area contributed by atoms with Crippen molar-refractivity contribution in [3.8, 4) is 17.1 Å². The first-order valence-electron chi connectivity index (χ1n) is 12.6. The number of para-hydroxylation sites is 1. The minimum atomic E-state index is -0.775. The third-order valence-corrected chi connectivity index (χ3v) is 6.73. The van der Waals surface area contributed by atoms with Gasteiger partial charge in [0.2, 0.25) is 0 Å². The number of carbonyl (C=O) groups is 1. The zero-order valence-electron chi connectivity index (χ0n) is 22.3. The van der Waals surface area contributed by atoms with Crippen molar-refractivity contribution in [2.75, 3.05) is 38.7 Å². The number of methoxy groups -OCH3 is 1. The second-order valence-electron chi connectivity index (χ2n) is 9.35. The van der Waals surface area contributed by atoms with Crippen LogP contribution in [0.15, 0.2) is 60.8 Å². The lowest BCUT2D eigenvalue weighted by atomic mass is 9.98. The molecule has 3 N–H and O–H groups in total. The Balaban J connectivity index is 0.000000187. The summed E-state index contributed by atoms with van der Waals surface area (Å²) in [6.07, 6.45) is 2.70. The lowest BCUT2D eigenvalue weighted by molar-refractivity contribution is 0.160. The third kappa shape index (κ3) is 6.68. The van der Waals surface area contributed by atoms with E-state index in [1.807, 2.05) is 50.4 Å². The van der Waals surface area contributed by atoms with Gasteiger partial charge in [-0.1, -0.05) is 24.3 Å². The monoisotopic (exact) mass is 537 g/mol. The molecule has 0 radical (unpaired) electrons. The summed E-state index contributed by atoms with van der Waals surface area (Å²) in [5, 5.41) is 11.4. The second-order valence-corrected chi connectivity index (χ2v) is 9.35. The van der Waals surface area contributed by atoms with Crippen LogP contribution in [0.1, 0.15) is 23.5 Å². The average Bonchev–Trinajstić information content (AvgIpc) is 3.65. The summed E-state index contributed by atoms with van der Waals surface area (Å²) < 4.78 is 34.4. The van der Waals surface area contributed by atoms with Gasteiger partial charge < -0.3 is 15.4 Å². The van der Waals surface area contributed by atoms with Gasteiger partial charge in [-0.2, -0.15) is 10.2 Å². The van der Waals surface area contributed by atoms with Crippen LogP contribution in [0.4, 0.5) is 19.4 Å². The van der Waals surface area contributed by atoms with Crippen LogP contribution in [-0.4, -0.2) is 63.8 Å². The van der Waals surface area contributed by atoms with E-state index in [1.165, 1.54) is 12.1 Å². The third-order valence-electron chi connectivity index (χ3n) is 6.73. The number of carbonyl (C=O) groups excluding carboxylic acids is 1. The number of halogens is 2. The summed E-state index contributed by atoms with van der Waals surface area (Å²) in [4.78, 5) is 13.6. The Bertz CT molecular complexity index is 1400. The topological polar surface area (TPSA) is 103 Å². The highest BCUT2D eigenvalue weighted by molar-refractivity contribution is 5.89. The molecule has 2 aromatic carbocycles. The van der Waals surface area contributed by atoms with Crippen LogP contribution in [0, 0.1) is 18.6 Å². The highest BCUT2D eigenvalue weighted by Gasteiger charge is 2.24. The van der Waals surface area contributed by atoms with Gasteiger partial charge in [0.1, 0.15) is 11.5 Å². The molecule has 1 fully saturated rings. The largest absolute Gasteiger partial charge is 0.383 e. The quantitative estimate of drug-likeness (QED) is 0.362. The summed E-state index contributed by atoms with van der Waals surface area (Å²) in [6, 6.07) is 15.0. The summed E-state index contributed by atoms with van der Waals surface area (Å²) in [6.45, 7) is 5.39. The smallest absolute Gasteiger partial charge is 0.317 e. The van der Waals surface area contributed by atoms with Crippen molar-refractivity contribution in [3.63, 3.8) is 0 Å². The molecule has 1 saturated heterocycles. The highest BCUT2D eigenvalue weighted by Crippen LogP contribution is 2.30. The molecule has 0 aliphatic carbocycles. The Morgan fingerprint density at radius 2 is 1.92 bits per heavy atom. The molecular formula is C28H33F2N7O2. The number of aryl methyl sites for hydroxylation is 1. The van der Waals surface area contributed by atoms with E-state index in [0.717, 1.165) is 54.3 Å². The van der Waals surface area contributed by atoms with Crippen molar-refractivity contribution in [2.45, 2.75) is 19.3 Å². The number of ether oxygens (including phenoxy) is 1. The molecule has 9 nitrogen and oxygen atoms in total. The van der Waals surface area contributed by atoms with E-state index in [1.54, 1.807) is 28.7 Å². The first-order valence-corrected chi connectivity index (χ1v) is 12.6. The molecule has 1 unspecified atom stereocenters. The molecule has 1 atom stereocenters. The molecule has 39 heavy (non-hydrogen) atoms. The van der Waals surface area contributed by atoms with E-state index in [9.17, 15) is 13.6 Å². The van der Waals surface area contributed by atoms with E-state index < -0.39 is 17.7 Å². The number of rotatable bonds is 7. The maximum absolute atomic E-state index is 13.1. The summed E-state index contributed by atoms with van der Waals surface area (Å²) >= 11 is 0. The van der Waals surface area contributed by atoms with E-state index in [-0.39, 0.29) is 0 Å². The fourth-order valence-electron chi connectivity index (χ4n) is 4.66. The molecule has 0 spiro atoms. The standard InChI is InChI=1S/C15H16N6O.C13H17F2NO/c1-10-13(12-8-9-17-20(12)2)19-21(14(10)18-15(16)22)11-6-4-3-5-7-11;1-17-7-6-16-5-4-11(9-16)10-2-3-12(14)13(15)8-10/h3-9H,1-2H3,(H3,16,18,22);2-3,8,11H,4-7,9H2,1H3. The maximum Gasteiger partial charge on any atom is 0.317 e. The molecule has 1 aliphatic heterocycles. The van der Waals surface area contributed by atoms with Crippen molar-refractivity contribution in [3.05, 3.63) is 83.6 Å². The first kappa shape index (κ1) is 27.9. The lowest BCUT2D eigenvalue weighted by Crippen LogP contribution is -2.24. The Hall–Kier alpha value is -4.09. The van der Waals surface area contributed by atoms with Crippen LogP contribution in [0.2, 0.25) is 0 Å². The van der Waals surface area contributed by atoms with Gasteiger partial charge in [-0.3, -0.25) is 10.00 Å². The zero-order chi connectivity index (χ0) is 27.9. The molecular weight excluding hydrogens is 504 g/mol. The van der Waals surface area contributed by atoms with Gasteiger partial charge in [-0.25, -0.2) is 18.3 Å². The molecule has 0 saturated carbocycles. The zero-order valence-corrected chi connectivity index (χ0v) is 22.3. The average molecular weight is 538 g/mol. The van der Waals surface area contributed by atoms with Gasteiger partial charge in [0, 0.05) is 39.0 Å². The number of amides is 2. The fourth-order valence-corrected chi connectivity index (χ4v) is 4.66. The van der Waals surface area contributed by atoms with Crippen LogP contribution < -0.4 is 11.1 Å². The number of benzene rings is 2. The molecule has 3 heterocycles. The second kappa shape index (κ2) is 12.6. The van der Waals surface area contributed by atoms with Crippen LogP contribution in [-0.2, 0) is 11.8 Å². The van der Waals surface area contributed by atoms with Gasteiger partial charge in [0.25, 0.3) is 0 Å². The molecule has 5 rings (SSSR count). The number of likely N-dealkylation sites (tertiary alicyclic amines) is 1. The number of nitrogens with zero attached hydrogens (tertiary/aromatic N) is 5. The number of primary amides is 1. The van der Waals surface area contributed by atoms with Crippen molar-refractivity contribution in [1.29, 1.82) is 0 Å². The molecule has 11 heteroatoms. The molecule has 2 amide bonds. The van der Waals surface area contributed by atoms with E-state index in [4.69, 9.17) is 10.5 Å². The Morgan fingerprint density at radius 3 is 2.56 bits per heavy atom. The van der Waals surface area contributed by atoms with E-state index >= 15 is 0 Å². The van der Waals surface area contributed by atoms with Gasteiger partial charge in [-0.15, -0.1) is 0 Å². The van der Waals surface area contributed by atoms with Gasteiger partial charge in [0.05, 0.1) is 18.0 Å². The van der Waals surface area contributed by atoms with Crippen LogP contribution in [0.3, 0.4) is 0 Å². The molecule has 4 aromatic rings. The van der Waals surface area contributed by atoms with Crippen molar-refractivity contribution in [1.82, 2.24) is 24.5 Å². The first-order chi connectivity index (χ1) is 18.8. The highest BCUT2D eigenvalue weighted by atomic mass is 19.2. The van der Waals surface area contributed by atoms with Gasteiger partial charge in [-0.05, 0) is 61.7 Å². The molecule has 2 aromatic heterocycles. The number of aromatic nitrogens is 4. The number of hydrogen-bond acceptors (Lipinski definition) is 5. The maximum atomic E-state index is 13.1.